The number of anilines is 1. The van der Waals surface area contributed by atoms with Crippen molar-refractivity contribution in [1.29, 1.82) is 0 Å². The Balaban J connectivity index is 2.14. The summed E-state index contributed by atoms with van der Waals surface area (Å²) in [4.78, 5) is 22.8. The van der Waals surface area contributed by atoms with Crippen LogP contribution in [0.4, 0.5) is 11.5 Å². The molecule has 0 unspecified atom stereocenters. The molecule has 6 nitrogen and oxygen atoms in total. The molecule has 0 aliphatic heterocycles. The largest absolute Gasteiger partial charge is 0.362 e. The maximum Gasteiger partial charge on any atom is 0.254 e. The van der Waals surface area contributed by atoms with Gasteiger partial charge in [0.1, 0.15) is 5.15 Å². The molecular formula is C15H10ClN5O. The van der Waals surface area contributed by atoms with E-state index in [4.69, 9.17) is 18.2 Å². The minimum Gasteiger partial charge on any atom is -0.362 e. The van der Waals surface area contributed by atoms with Gasteiger partial charge in [-0.15, -0.1) is 0 Å². The predicted octanol–water partition coefficient (Wildman–Crippen LogP) is 3.56. The van der Waals surface area contributed by atoms with E-state index in [1.54, 1.807) is 22.7 Å². The summed E-state index contributed by atoms with van der Waals surface area (Å²) in [7, 11) is 0. The average molecular weight is 312 g/mol. The van der Waals surface area contributed by atoms with Crippen LogP contribution in [0.5, 0.6) is 0 Å². The van der Waals surface area contributed by atoms with Crippen LogP contribution < -0.4 is 5.32 Å². The highest BCUT2D eigenvalue weighted by atomic mass is 35.5. The second-order valence-corrected chi connectivity index (χ2v) is 4.98. The Morgan fingerprint density at radius 3 is 2.91 bits per heavy atom. The highest BCUT2D eigenvalue weighted by Crippen LogP contribution is 2.30. The quantitative estimate of drug-likeness (QED) is 0.581. The SMILES string of the molecule is [C-]#[N+]c1cnc2ccc(-c3cc(NC(C)=O)cnc3Cl)cn12. The summed E-state index contributed by atoms with van der Waals surface area (Å²) >= 11 is 6.16. The number of rotatable bonds is 2. The Morgan fingerprint density at radius 1 is 1.36 bits per heavy atom. The first-order chi connectivity index (χ1) is 10.6. The molecule has 0 saturated carbocycles. The third kappa shape index (κ3) is 2.50. The minimum atomic E-state index is -0.185. The van der Waals surface area contributed by atoms with Crippen molar-refractivity contribution in [2.75, 3.05) is 5.32 Å². The Kier molecular flexibility index (Phi) is 3.49. The fourth-order valence-electron chi connectivity index (χ4n) is 2.13. The van der Waals surface area contributed by atoms with Gasteiger partial charge in [0.2, 0.25) is 11.6 Å². The van der Waals surface area contributed by atoms with E-state index in [9.17, 15) is 4.79 Å². The molecule has 0 radical (unpaired) electrons. The van der Waals surface area contributed by atoms with Gasteiger partial charge in [-0.25, -0.2) is 14.4 Å². The van der Waals surface area contributed by atoms with Gasteiger partial charge in [0.05, 0.1) is 24.3 Å². The summed E-state index contributed by atoms with van der Waals surface area (Å²) in [6.45, 7) is 8.57. The van der Waals surface area contributed by atoms with Crippen molar-refractivity contribution in [3.63, 3.8) is 0 Å². The molecule has 0 fully saturated rings. The van der Waals surface area contributed by atoms with Gasteiger partial charge in [-0.3, -0.25) is 4.79 Å². The van der Waals surface area contributed by atoms with E-state index in [1.165, 1.54) is 19.3 Å². The molecule has 3 rings (SSSR count). The fraction of sp³-hybridized carbons (Fsp3) is 0.0667. The summed E-state index contributed by atoms with van der Waals surface area (Å²) in [6, 6.07) is 5.38. The zero-order chi connectivity index (χ0) is 15.7. The molecule has 22 heavy (non-hydrogen) atoms. The zero-order valence-electron chi connectivity index (χ0n) is 11.5. The molecule has 108 valence electrons. The number of nitrogens with zero attached hydrogens (tertiary/aromatic N) is 4. The van der Waals surface area contributed by atoms with Crippen molar-refractivity contribution in [1.82, 2.24) is 14.4 Å². The van der Waals surface area contributed by atoms with Crippen molar-refractivity contribution in [2.45, 2.75) is 6.92 Å². The van der Waals surface area contributed by atoms with Crippen molar-refractivity contribution >= 4 is 34.7 Å². The third-order valence-electron chi connectivity index (χ3n) is 3.07. The van der Waals surface area contributed by atoms with Gasteiger partial charge in [0, 0.05) is 24.1 Å². The van der Waals surface area contributed by atoms with Crippen LogP contribution in [0.1, 0.15) is 6.92 Å². The Morgan fingerprint density at radius 2 is 2.18 bits per heavy atom. The highest BCUT2D eigenvalue weighted by molar-refractivity contribution is 6.32. The number of halogens is 1. The van der Waals surface area contributed by atoms with Crippen LogP contribution >= 0.6 is 11.6 Å². The van der Waals surface area contributed by atoms with Gasteiger partial charge in [0.25, 0.3) is 5.82 Å². The molecule has 3 heterocycles. The van der Waals surface area contributed by atoms with Gasteiger partial charge in [-0.1, -0.05) is 18.2 Å². The van der Waals surface area contributed by atoms with Crippen molar-refractivity contribution in [2.24, 2.45) is 0 Å². The number of nitrogens with one attached hydrogen (secondary N) is 1. The molecule has 3 aromatic heterocycles. The summed E-state index contributed by atoms with van der Waals surface area (Å²) in [5, 5.41) is 2.99. The topological polar surface area (TPSA) is 63.7 Å². The molecule has 7 heteroatoms. The standard InChI is InChI=1S/C15H10ClN5O/c1-9(22)20-11-5-12(15(16)19-6-11)10-3-4-13-18-7-14(17-2)21(13)8-10/h3-8H,1H3,(H,20,22). The van der Waals surface area contributed by atoms with E-state index in [0.29, 0.717) is 27.9 Å². The van der Waals surface area contributed by atoms with Crippen LogP contribution in [0.25, 0.3) is 21.6 Å². The summed E-state index contributed by atoms with van der Waals surface area (Å²) in [6.07, 6.45) is 4.78. The lowest BCUT2D eigenvalue weighted by molar-refractivity contribution is -0.114. The molecule has 0 aromatic carbocycles. The molecule has 0 aliphatic carbocycles. The fourth-order valence-corrected chi connectivity index (χ4v) is 2.34. The molecule has 0 bridgehead atoms. The van der Waals surface area contributed by atoms with E-state index in [2.05, 4.69) is 20.1 Å². The monoisotopic (exact) mass is 311 g/mol. The maximum absolute atomic E-state index is 11.2. The first-order valence-corrected chi connectivity index (χ1v) is 6.74. The number of hydrogen-bond donors (Lipinski definition) is 1. The van der Waals surface area contributed by atoms with Crippen molar-refractivity contribution in [3.05, 3.63) is 53.4 Å². The molecule has 0 saturated heterocycles. The zero-order valence-corrected chi connectivity index (χ0v) is 12.3. The van der Waals surface area contributed by atoms with Gasteiger partial charge < -0.3 is 10.2 Å². The summed E-state index contributed by atoms with van der Waals surface area (Å²) in [5.41, 5.74) is 2.68. The number of hydrogen-bond acceptors (Lipinski definition) is 3. The lowest BCUT2D eigenvalue weighted by Crippen LogP contribution is -2.06. The van der Waals surface area contributed by atoms with Gasteiger partial charge >= 0.3 is 0 Å². The Bertz CT molecular complexity index is 925. The lowest BCUT2D eigenvalue weighted by Gasteiger charge is -2.07. The van der Waals surface area contributed by atoms with Crippen LogP contribution in [-0.2, 0) is 4.79 Å². The molecule has 1 amide bonds. The van der Waals surface area contributed by atoms with Crippen LogP contribution in [0.15, 0.2) is 36.8 Å². The summed E-state index contributed by atoms with van der Waals surface area (Å²) < 4.78 is 1.68. The third-order valence-corrected chi connectivity index (χ3v) is 3.37. The molecule has 3 aromatic rings. The molecule has 0 atom stereocenters. The van der Waals surface area contributed by atoms with Crippen LogP contribution in [0, 0.1) is 6.57 Å². The Hall–Kier alpha value is -2.91. The number of amides is 1. The molecular weight excluding hydrogens is 302 g/mol. The first-order valence-electron chi connectivity index (χ1n) is 6.36. The van der Waals surface area contributed by atoms with Crippen molar-refractivity contribution < 1.29 is 4.79 Å². The smallest absolute Gasteiger partial charge is 0.254 e. The van der Waals surface area contributed by atoms with E-state index < -0.39 is 0 Å². The highest BCUT2D eigenvalue weighted by Gasteiger charge is 2.11. The first kappa shape index (κ1) is 14.0. The maximum atomic E-state index is 11.2. The van der Waals surface area contributed by atoms with Gasteiger partial charge in [-0.05, 0) is 12.1 Å². The minimum absolute atomic E-state index is 0.185. The van der Waals surface area contributed by atoms with Gasteiger partial charge in [0.15, 0.2) is 0 Å². The number of imidazole rings is 1. The van der Waals surface area contributed by atoms with Crippen molar-refractivity contribution in [3.8, 4) is 11.1 Å². The lowest BCUT2D eigenvalue weighted by atomic mass is 10.1. The predicted molar refractivity (Wildman–Crippen MR) is 84.0 cm³/mol. The van der Waals surface area contributed by atoms with E-state index in [1.807, 2.05) is 6.07 Å². The number of pyridine rings is 2. The van der Waals surface area contributed by atoms with E-state index in [0.717, 1.165) is 5.56 Å². The van der Waals surface area contributed by atoms with E-state index in [-0.39, 0.29) is 5.91 Å². The molecule has 1 N–H and O–H groups in total. The van der Waals surface area contributed by atoms with E-state index >= 15 is 0 Å². The van der Waals surface area contributed by atoms with Gasteiger partial charge in [-0.2, -0.15) is 0 Å². The summed E-state index contributed by atoms with van der Waals surface area (Å²) in [5.74, 6) is 0.231. The van der Waals surface area contributed by atoms with Crippen LogP contribution in [0.3, 0.4) is 0 Å². The van der Waals surface area contributed by atoms with Crippen LogP contribution in [0.2, 0.25) is 5.15 Å². The normalized spacial score (nSPS) is 10.4. The number of fused-ring (bicyclic) bond motifs is 1. The number of carbonyl (C=O) groups is 1. The number of carbonyl (C=O) groups excluding carboxylic acids is 1. The second-order valence-electron chi connectivity index (χ2n) is 4.62. The average Bonchev–Trinajstić information content (AvgIpc) is 2.91. The molecule has 0 spiro atoms. The number of aromatic nitrogens is 3. The molecule has 0 aliphatic rings. The van der Waals surface area contributed by atoms with Crippen LogP contribution in [-0.4, -0.2) is 20.3 Å². The second kappa shape index (κ2) is 5.47. The Labute approximate surface area is 131 Å².